The third kappa shape index (κ3) is 3.82. The Morgan fingerprint density at radius 3 is 2.22 bits per heavy atom. The van der Waals surface area contributed by atoms with Gasteiger partial charge in [0.05, 0.1) is 11.8 Å². The van der Waals surface area contributed by atoms with Gasteiger partial charge in [-0.3, -0.25) is 4.79 Å². The summed E-state index contributed by atoms with van der Waals surface area (Å²) < 4.78 is 1.98. The van der Waals surface area contributed by atoms with E-state index in [0.29, 0.717) is 5.56 Å². The molecule has 0 fully saturated rings. The predicted molar refractivity (Wildman–Crippen MR) is 115 cm³/mol. The highest BCUT2D eigenvalue weighted by atomic mass is 79.9. The molecule has 0 saturated carbocycles. The lowest BCUT2D eigenvalue weighted by atomic mass is 10.1. The van der Waals surface area contributed by atoms with E-state index in [0.717, 1.165) is 25.8 Å². The number of fused-ring (bicyclic) bond motifs is 1. The summed E-state index contributed by atoms with van der Waals surface area (Å²) in [5.41, 5.74) is 3.29. The summed E-state index contributed by atoms with van der Waals surface area (Å²) in [6.07, 6.45) is 1.32. The van der Waals surface area contributed by atoms with Gasteiger partial charge in [-0.1, -0.05) is 68.3 Å². The molecule has 0 spiro atoms. The van der Waals surface area contributed by atoms with Crippen LogP contribution in [0.4, 0.5) is 5.69 Å². The Hall–Kier alpha value is -2.44. The minimum atomic E-state index is -0.382. The highest BCUT2D eigenvalue weighted by molar-refractivity contribution is 9.10. The van der Waals surface area contributed by atoms with Gasteiger partial charge in [-0.05, 0) is 47.5 Å². The van der Waals surface area contributed by atoms with Gasteiger partial charge in [-0.2, -0.15) is 5.10 Å². The number of hydrogen-bond donors (Lipinski definition) is 1. The second kappa shape index (κ2) is 7.66. The number of carbonyl (C=O) groups is 1. The standard InChI is InChI=1S/C21H15Br2N3O/c22-16-9-5-14(6-10-16)13-24-26-20(15-7-11-17(23)12-8-15)25-19-4-2-1-3-18(19)21(26)27/h1-13,20,25H. The molecule has 0 saturated heterocycles. The van der Waals surface area contributed by atoms with Crippen molar-refractivity contribution in [3.05, 3.63) is 98.4 Å². The molecule has 6 heteroatoms. The minimum absolute atomic E-state index is 0.134. The van der Waals surface area contributed by atoms with Crippen molar-refractivity contribution in [1.29, 1.82) is 0 Å². The molecule has 0 radical (unpaired) electrons. The van der Waals surface area contributed by atoms with E-state index >= 15 is 0 Å². The molecular weight excluding hydrogens is 470 g/mol. The number of carbonyl (C=O) groups excluding carboxylic acids is 1. The number of anilines is 1. The molecule has 3 aromatic carbocycles. The Morgan fingerprint density at radius 2 is 1.52 bits per heavy atom. The molecule has 0 aromatic heterocycles. The molecular formula is C21H15Br2N3O. The maximum absolute atomic E-state index is 13.1. The van der Waals surface area contributed by atoms with Crippen molar-refractivity contribution in [3.63, 3.8) is 0 Å². The monoisotopic (exact) mass is 483 g/mol. The van der Waals surface area contributed by atoms with Crippen LogP contribution >= 0.6 is 31.9 Å². The number of amides is 1. The summed E-state index contributed by atoms with van der Waals surface area (Å²) in [6.45, 7) is 0. The Balaban J connectivity index is 1.73. The van der Waals surface area contributed by atoms with Crippen LogP contribution in [0.3, 0.4) is 0 Å². The summed E-state index contributed by atoms with van der Waals surface area (Å²) in [4.78, 5) is 13.1. The van der Waals surface area contributed by atoms with Gasteiger partial charge in [-0.15, -0.1) is 0 Å². The molecule has 1 aliphatic heterocycles. The second-order valence-corrected chi connectivity index (χ2v) is 7.92. The van der Waals surface area contributed by atoms with Crippen LogP contribution in [0.5, 0.6) is 0 Å². The van der Waals surface area contributed by atoms with E-state index in [4.69, 9.17) is 0 Å². The first-order chi connectivity index (χ1) is 13.1. The summed E-state index contributed by atoms with van der Waals surface area (Å²) in [5.74, 6) is -0.134. The third-order valence-corrected chi connectivity index (χ3v) is 5.35. The van der Waals surface area contributed by atoms with E-state index in [-0.39, 0.29) is 12.1 Å². The van der Waals surface area contributed by atoms with Crippen molar-refractivity contribution in [3.8, 4) is 0 Å². The molecule has 1 amide bonds. The Morgan fingerprint density at radius 1 is 0.889 bits per heavy atom. The summed E-state index contributed by atoms with van der Waals surface area (Å²) in [6, 6.07) is 23.1. The van der Waals surface area contributed by atoms with Crippen molar-refractivity contribution in [2.24, 2.45) is 5.10 Å². The van der Waals surface area contributed by atoms with Crippen molar-refractivity contribution >= 4 is 49.7 Å². The number of rotatable bonds is 3. The zero-order chi connectivity index (χ0) is 18.8. The maximum Gasteiger partial charge on any atom is 0.278 e. The van der Waals surface area contributed by atoms with Crippen LogP contribution in [0.15, 0.2) is 86.8 Å². The van der Waals surface area contributed by atoms with Crippen LogP contribution < -0.4 is 5.32 Å². The number of hydrazone groups is 1. The van der Waals surface area contributed by atoms with Gasteiger partial charge in [0.15, 0.2) is 6.17 Å². The van der Waals surface area contributed by atoms with E-state index < -0.39 is 0 Å². The third-order valence-electron chi connectivity index (χ3n) is 4.29. The lowest BCUT2D eigenvalue weighted by Crippen LogP contribution is -2.39. The second-order valence-electron chi connectivity index (χ2n) is 6.09. The van der Waals surface area contributed by atoms with Gasteiger partial charge >= 0.3 is 0 Å². The highest BCUT2D eigenvalue weighted by Gasteiger charge is 2.32. The van der Waals surface area contributed by atoms with Crippen LogP contribution in [0.1, 0.15) is 27.7 Å². The SMILES string of the molecule is O=C1c2ccccc2NC(c2ccc(Br)cc2)N1N=Cc1ccc(Br)cc1. The predicted octanol–water partition coefficient (Wildman–Crippen LogP) is 5.81. The topological polar surface area (TPSA) is 44.7 Å². The smallest absolute Gasteiger partial charge is 0.278 e. The first-order valence-electron chi connectivity index (χ1n) is 8.36. The molecule has 1 N–H and O–H groups in total. The molecule has 1 unspecified atom stereocenters. The van der Waals surface area contributed by atoms with Crippen molar-refractivity contribution in [2.75, 3.05) is 5.32 Å². The van der Waals surface area contributed by atoms with Gasteiger partial charge in [0.1, 0.15) is 0 Å². The quantitative estimate of drug-likeness (QED) is 0.476. The van der Waals surface area contributed by atoms with E-state index in [1.54, 1.807) is 6.21 Å². The molecule has 0 aliphatic carbocycles. The lowest BCUT2D eigenvalue weighted by molar-refractivity contribution is 0.0691. The zero-order valence-corrected chi connectivity index (χ0v) is 17.3. The summed E-state index contributed by atoms with van der Waals surface area (Å²) >= 11 is 6.88. The fraction of sp³-hybridized carbons (Fsp3) is 0.0476. The van der Waals surface area contributed by atoms with Crippen molar-refractivity contribution < 1.29 is 4.79 Å². The first kappa shape index (κ1) is 17.9. The lowest BCUT2D eigenvalue weighted by Gasteiger charge is -2.34. The Labute approximate surface area is 174 Å². The zero-order valence-electron chi connectivity index (χ0n) is 14.1. The van der Waals surface area contributed by atoms with Crippen LogP contribution in [0, 0.1) is 0 Å². The average Bonchev–Trinajstić information content (AvgIpc) is 2.69. The average molecular weight is 485 g/mol. The maximum atomic E-state index is 13.1. The number of nitrogens with zero attached hydrogens (tertiary/aromatic N) is 2. The highest BCUT2D eigenvalue weighted by Crippen LogP contribution is 2.33. The van der Waals surface area contributed by atoms with Gasteiger partial charge in [0, 0.05) is 14.6 Å². The molecule has 27 heavy (non-hydrogen) atoms. The number of hydrogen-bond acceptors (Lipinski definition) is 3. The van der Waals surface area contributed by atoms with Gasteiger partial charge in [0.2, 0.25) is 0 Å². The van der Waals surface area contributed by atoms with Crippen molar-refractivity contribution in [1.82, 2.24) is 5.01 Å². The molecule has 134 valence electrons. The molecule has 1 aliphatic rings. The van der Waals surface area contributed by atoms with Crippen molar-refractivity contribution in [2.45, 2.75) is 6.17 Å². The van der Waals surface area contributed by atoms with Crippen LogP contribution in [-0.4, -0.2) is 17.1 Å². The summed E-state index contributed by atoms with van der Waals surface area (Å²) in [5, 5.41) is 9.43. The number of para-hydroxylation sites is 1. The van der Waals surface area contributed by atoms with Gasteiger partial charge in [0.25, 0.3) is 5.91 Å². The number of benzene rings is 3. The molecule has 1 heterocycles. The van der Waals surface area contributed by atoms with Gasteiger partial charge < -0.3 is 5.32 Å². The largest absolute Gasteiger partial charge is 0.359 e. The fourth-order valence-corrected chi connectivity index (χ4v) is 3.44. The Bertz CT molecular complexity index is 1000. The van der Waals surface area contributed by atoms with Crippen LogP contribution in [0.2, 0.25) is 0 Å². The number of halogens is 2. The normalized spacial score (nSPS) is 16.3. The molecule has 0 bridgehead atoms. The van der Waals surface area contributed by atoms with E-state index in [1.807, 2.05) is 72.8 Å². The first-order valence-corrected chi connectivity index (χ1v) is 9.94. The fourth-order valence-electron chi connectivity index (χ4n) is 2.91. The summed E-state index contributed by atoms with van der Waals surface area (Å²) in [7, 11) is 0. The van der Waals surface area contributed by atoms with Gasteiger partial charge in [-0.25, -0.2) is 5.01 Å². The van der Waals surface area contributed by atoms with E-state index in [9.17, 15) is 4.79 Å². The van der Waals surface area contributed by atoms with Crippen LogP contribution in [-0.2, 0) is 0 Å². The molecule has 4 rings (SSSR count). The number of nitrogens with one attached hydrogen (secondary N) is 1. The van der Waals surface area contributed by atoms with E-state index in [2.05, 4.69) is 42.3 Å². The molecule has 3 aromatic rings. The molecule has 1 atom stereocenters. The molecule has 4 nitrogen and oxygen atoms in total. The Kier molecular flexibility index (Phi) is 5.09. The van der Waals surface area contributed by atoms with E-state index in [1.165, 1.54) is 5.01 Å². The minimum Gasteiger partial charge on any atom is -0.359 e. The van der Waals surface area contributed by atoms with Crippen LogP contribution in [0.25, 0.3) is 0 Å².